The van der Waals surface area contributed by atoms with Crippen LogP contribution in [0, 0.1) is 0 Å². The highest BCUT2D eigenvalue weighted by Crippen LogP contribution is 2.30. The smallest absolute Gasteiger partial charge is 0.308 e. The first-order valence-electron chi connectivity index (χ1n) is 7.57. The zero-order chi connectivity index (χ0) is 18.8. The molecule has 0 unspecified atom stereocenters. The van der Waals surface area contributed by atoms with Crippen LogP contribution in [0.3, 0.4) is 0 Å². The summed E-state index contributed by atoms with van der Waals surface area (Å²) in [6.07, 6.45) is 1.32. The van der Waals surface area contributed by atoms with E-state index in [0.717, 1.165) is 0 Å². The van der Waals surface area contributed by atoms with E-state index in [9.17, 15) is 14.4 Å². The SMILES string of the molecule is CC(=O)Oc1ccc(-c2coc3cc(OC(C)=O)c(Cl)cc3c2=O)cc1. The molecule has 0 saturated carbocycles. The fraction of sp³-hybridized carbons (Fsp3) is 0.105. The van der Waals surface area contributed by atoms with Crippen molar-refractivity contribution in [2.75, 3.05) is 0 Å². The molecule has 0 aliphatic carbocycles. The second kappa shape index (κ2) is 7.01. The Morgan fingerprint density at radius 3 is 2.27 bits per heavy atom. The summed E-state index contributed by atoms with van der Waals surface area (Å²) in [4.78, 5) is 34.8. The summed E-state index contributed by atoms with van der Waals surface area (Å²) >= 11 is 6.08. The number of carbonyl (C=O) groups excluding carboxylic acids is 2. The molecule has 26 heavy (non-hydrogen) atoms. The van der Waals surface area contributed by atoms with E-state index in [0.29, 0.717) is 16.9 Å². The summed E-state index contributed by atoms with van der Waals surface area (Å²) in [6, 6.07) is 9.25. The summed E-state index contributed by atoms with van der Waals surface area (Å²) in [5.74, 6) is -0.465. The van der Waals surface area contributed by atoms with Crippen LogP contribution in [0.2, 0.25) is 5.02 Å². The first-order chi connectivity index (χ1) is 12.3. The van der Waals surface area contributed by atoms with Crippen molar-refractivity contribution in [3.8, 4) is 22.6 Å². The summed E-state index contributed by atoms with van der Waals surface area (Å²) in [5.41, 5.74) is 0.874. The Balaban J connectivity index is 2.05. The zero-order valence-electron chi connectivity index (χ0n) is 13.9. The van der Waals surface area contributed by atoms with E-state index in [4.69, 9.17) is 25.5 Å². The number of carbonyl (C=O) groups is 2. The van der Waals surface area contributed by atoms with Crippen molar-refractivity contribution < 1.29 is 23.5 Å². The van der Waals surface area contributed by atoms with E-state index in [1.165, 1.54) is 32.2 Å². The predicted molar refractivity (Wildman–Crippen MR) is 95.5 cm³/mol. The van der Waals surface area contributed by atoms with Crippen LogP contribution in [-0.4, -0.2) is 11.9 Å². The van der Waals surface area contributed by atoms with Gasteiger partial charge in [-0.25, -0.2) is 0 Å². The van der Waals surface area contributed by atoms with Gasteiger partial charge in [-0.05, 0) is 23.8 Å². The maximum absolute atomic E-state index is 12.8. The molecule has 1 aromatic heterocycles. The minimum absolute atomic E-state index is 0.119. The van der Waals surface area contributed by atoms with E-state index in [1.807, 2.05) is 0 Å². The van der Waals surface area contributed by atoms with Crippen molar-refractivity contribution in [3.05, 3.63) is 57.9 Å². The molecule has 0 atom stereocenters. The third-order valence-electron chi connectivity index (χ3n) is 3.51. The Bertz CT molecular complexity index is 1070. The second-order valence-electron chi connectivity index (χ2n) is 5.47. The molecule has 0 N–H and O–H groups in total. The van der Waals surface area contributed by atoms with Crippen molar-refractivity contribution >= 4 is 34.5 Å². The minimum atomic E-state index is -0.530. The van der Waals surface area contributed by atoms with Crippen LogP contribution in [-0.2, 0) is 9.59 Å². The lowest BCUT2D eigenvalue weighted by atomic mass is 10.1. The van der Waals surface area contributed by atoms with Gasteiger partial charge in [-0.15, -0.1) is 0 Å². The van der Waals surface area contributed by atoms with E-state index < -0.39 is 11.9 Å². The molecule has 0 spiro atoms. The highest BCUT2D eigenvalue weighted by molar-refractivity contribution is 6.33. The predicted octanol–water partition coefficient (Wildman–Crippen LogP) is 3.96. The number of ether oxygens (including phenoxy) is 2. The van der Waals surface area contributed by atoms with Crippen LogP contribution in [0.25, 0.3) is 22.1 Å². The van der Waals surface area contributed by atoms with Gasteiger partial charge in [-0.1, -0.05) is 23.7 Å². The van der Waals surface area contributed by atoms with Gasteiger partial charge in [-0.2, -0.15) is 0 Å². The molecule has 132 valence electrons. The lowest BCUT2D eigenvalue weighted by Crippen LogP contribution is -2.06. The maximum atomic E-state index is 12.8. The van der Waals surface area contributed by atoms with E-state index >= 15 is 0 Å². The average Bonchev–Trinajstić information content (AvgIpc) is 2.57. The van der Waals surface area contributed by atoms with Crippen molar-refractivity contribution in [2.45, 2.75) is 13.8 Å². The molecule has 0 aliphatic heterocycles. The number of hydrogen-bond acceptors (Lipinski definition) is 6. The van der Waals surface area contributed by atoms with Crippen LogP contribution >= 0.6 is 11.6 Å². The van der Waals surface area contributed by atoms with Gasteiger partial charge in [0.25, 0.3) is 0 Å². The standard InChI is InChI=1S/C19H13ClO6/c1-10(21)25-13-5-3-12(4-6-13)15-9-24-17-8-18(26-11(2)22)16(20)7-14(17)19(15)23/h3-9H,1-2H3. The van der Waals surface area contributed by atoms with Gasteiger partial charge in [0.05, 0.1) is 16.0 Å². The van der Waals surface area contributed by atoms with E-state index in [1.54, 1.807) is 24.3 Å². The van der Waals surface area contributed by atoms with Gasteiger partial charge in [0.15, 0.2) is 5.75 Å². The number of halogens is 1. The van der Waals surface area contributed by atoms with Crippen molar-refractivity contribution in [1.82, 2.24) is 0 Å². The van der Waals surface area contributed by atoms with Gasteiger partial charge in [-0.3, -0.25) is 14.4 Å². The van der Waals surface area contributed by atoms with Crippen LogP contribution < -0.4 is 14.9 Å². The fourth-order valence-corrected chi connectivity index (χ4v) is 2.63. The summed E-state index contributed by atoms with van der Waals surface area (Å²) in [6.45, 7) is 2.55. The highest BCUT2D eigenvalue weighted by atomic mass is 35.5. The maximum Gasteiger partial charge on any atom is 0.308 e. The molecule has 0 fully saturated rings. The third-order valence-corrected chi connectivity index (χ3v) is 3.80. The van der Waals surface area contributed by atoms with Crippen molar-refractivity contribution in [2.24, 2.45) is 0 Å². The molecule has 1 heterocycles. The number of rotatable bonds is 3. The number of hydrogen-bond donors (Lipinski definition) is 0. The molecule has 0 saturated heterocycles. The van der Waals surface area contributed by atoms with Crippen LogP contribution in [0.5, 0.6) is 11.5 Å². The average molecular weight is 373 g/mol. The van der Waals surface area contributed by atoms with Gasteiger partial charge in [0, 0.05) is 19.9 Å². The number of benzene rings is 2. The molecule has 6 nitrogen and oxygen atoms in total. The Kier molecular flexibility index (Phi) is 4.77. The van der Waals surface area contributed by atoms with Crippen LogP contribution in [0.15, 0.2) is 51.9 Å². The summed E-state index contributed by atoms with van der Waals surface area (Å²) in [5, 5.41) is 0.384. The largest absolute Gasteiger partial charge is 0.463 e. The van der Waals surface area contributed by atoms with Crippen LogP contribution in [0.4, 0.5) is 0 Å². The molecule has 0 bridgehead atoms. The number of esters is 2. The Morgan fingerprint density at radius 2 is 1.65 bits per heavy atom. The molecule has 0 amide bonds. The Hall–Kier alpha value is -3.12. The van der Waals surface area contributed by atoms with Gasteiger partial charge in [0.1, 0.15) is 17.6 Å². The topological polar surface area (TPSA) is 82.8 Å². The normalized spacial score (nSPS) is 10.6. The lowest BCUT2D eigenvalue weighted by molar-refractivity contribution is -0.132. The van der Waals surface area contributed by atoms with Gasteiger partial charge in [0.2, 0.25) is 5.43 Å². The molecule has 2 aromatic carbocycles. The quantitative estimate of drug-likeness (QED) is 0.511. The summed E-state index contributed by atoms with van der Waals surface area (Å²) < 4.78 is 15.5. The Morgan fingerprint density at radius 1 is 1.00 bits per heavy atom. The molecular weight excluding hydrogens is 360 g/mol. The molecule has 3 rings (SSSR count). The monoisotopic (exact) mass is 372 g/mol. The van der Waals surface area contributed by atoms with E-state index in [-0.39, 0.29) is 27.2 Å². The molecular formula is C19H13ClO6. The Labute approximate surface area is 152 Å². The van der Waals surface area contributed by atoms with Gasteiger partial charge >= 0.3 is 11.9 Å². The van der Waals surface area contributed by atoms with Crippen molar-refractivity contribution in [3.63, 3.8) is 0 Å². The first-order valence-corrected chi connectivity index (χ1v) is 7.95. The van der Waals surface area contributed by atoms with Gasteiger partial charge < -0.3 is 13.9 Å². The van der Waals surface area contributed by atoms with E-state index in [2.05, 4.69) is 0 Å². The number of fused-ring (bicyclic) bond motifs is 1. The molecule has 7 heteroatoms. The zero-order valence-corrected chi connectivity index (χ0v) is 14.6. The highest BCUT2D eigenvalue weighted by Gasteiger charge is 2.14. The molecule has 0 aliphatic rings. The molecule has 0 radical (unpaired) electrons. The lowest BCUT2D eigenvalue weighted by Gasteiger charge is -2.07. The first kappa shape index (κ1) is 17.7. The van der Waals surface area contributed by atoms with Crippen LogP contribution in [0.1, 0.15) is 13.8 Å². The molecule has 3 aromatic rings. The van der Waals surface area contributed by atoms with Crippen molar-refractivity contribution in [1.29, 1.82) is 0 Å². The summed E-state index contributed by atoms with van der Waals surface area (Å²) in [7, 11) is 0. The fourth-order valence-electron chi connectivity index (χ4n) is 2.43. The third kappa shape index (κ3) is 3.60. The minimum Gasteiger partial charge on any atom is -0.463 e. The second-order valence-corrected chi connectivity index (χ2v) is 5.88.